The van der Waals surface area contributed by atoms with E-state index in [2.05, 4.69) is 5.32 Å². The number of fused-ring (bicyclic) bond motifs is 3. The molecular weight excluding hydrogens is 654 g/mol. The fourth-order valence-corrected chi connectivity index (χ4v) is 5.94. The molecule has 0 aliphatic carbocycles. The van der Waals surface area contributed by atoms with Crippen LogP contribution >= 0.6 is 0 Å². The summed E-state index contributed by atoms with van der Waals surface area (Å²) in [4.78, 5) is 79.9. The van der Waals surface area contributed by atoms with Gasteiger partial charge in [-0.3, -0.25) is 24.0 Å². The molecule has 0 aliphatic heterocycles. The number of phenols is 4. The van der Waals surface area contributed by atoms with Crippen LogP contribution in [0.2, 0.25) is 0 Å². The molecule has 0 bridgehead atoms. The third kappa shape index (κ3) is 5.24. The number of Topliss-reactive ketones (excluding diaryl/α,β-unsaturated/α-hetero) is 2. The van der Waals surface area contributed by atoms with Crippen molar-refractivity contribution in [2.24, 2.45) is 0 Å². The highest BCUT2D eigenvalue weighted by atomic mass is 16.4. The van der Waals surface area contributed by atoms with Crippen LogP contribution in [0.3, 0.4) is 0 Å². The van der Waals surface area contributed by atoms with Crippen molar-refractivity contribution in [1.29, 1.82) is 0 Å². The maximum atomic E-state index is 14.1. The van der Waals surface area contributed by atoms with E-state index in [1.807, 2.05) is 30.3 Å². The predicted molar refractivity (Wildman–Crippen MR) is 178 cm³/mol. The molecule has 2 aromatic heterocycles. The number of rotatable bonds is 8. The highest BCUT2D eigenvalue weighted by Gasteiger charge is 2.31. The van der Waals surface area contributed by atoms with Crippen molar-refractivity contribution < 1.29 is 53.5 Å². The Bertz CT molecular complexity index is 2600. The van der Waals surface area contributed by atoms with Gasteiger partial charge in [-0.05, 0) is 31.9 Å². The number of hydrogen-bond donors (Lipinski definition) is 6. The van der Waals surface area contributed by atoms with Gasteiger partial charge in [-0.2, -0.15) is 0 Å². The maximum Gasteiger partial charge on any atom is 0.340 e. The molecule has 14 nitrogen and oxygen atoms in total. The van der Waals surface area contributed by atoms with Crippen LogP contribution in [0.4, 0.5) is 0 Å². The molecule has 2 heterocycles. The van der Waals surface area contributed by atoms with Gasteiger partial charge in [-0.25, -0.2) is 4.79 Å². The molecule has 0 fully saturated rings. The molecule has 0 unspecified atom stereocenters. The second kappa shape index (κ2) is 12.2. The summed E-state index contributed by atoms with van der Waals surface area (Å²) < 4.78 is 11.4. The molecule has 4 aromatic carbocycles. The number of ketones is 2. The Labute approximate surface area is 279 Å². The van der Waals surface area contributed by atoms with Crippen LogP contribution < -0.4 is 16.2 Å². The molecular formula is C36H25NO13. The van der Waals surface area contributed by atoms with Gasteiger partial charge in [0.1, 0.15) is 28.6 Å². The molecule has 0 atom stereocenters. The van der Waals surface area contributed by atoms with Crippen molar-refractivity contribution in [3.05, 3.63) is 103 Å². The van der Waals surface area contributed by atoms with Crippen LogP contribution in [0.25, 0.3) is 44.0 Å². The van der Waals surface area contributed by atoms with Gasteiger partial charge >= 0.3 is 5.97 Å². The van der Waals surface area contributed by atoms with E-state index in [1.165, 1.54) is 0 Å². The van der Waals surface area contributed by atoms with Crippen LogP contribution in [0.15, 0.2) is 73.2 Å². The van der Waals surface area contributed by atoms with Crippen LogP contribution in [-0.4, -0.2) is 55.5 Å². The van der Waals surface area contributed by atoms with Crippen molar-refractivity contribution in [2.45, 2.75) is 20.3 Å². The van der Waals surface area contributed by atoms with Crippen molar-refractivity contribution in [1.82, 2.24) is 5.32 Å². The number of benzene rings is 4. The van der Waals surface area contributed by atoms with E-state index in [0.29, 0.717) is 6.42 Å². The molecule has 0 saturated heterocycles. The van der Waals surface area contributed by atoms with Crippen molar-refractivity contribution >= 4 is 56.4 Å². The fraction of sp³-hybridized carbons (Fsp3) is 0.111. The summed E-state index contributed by atoms with van der Waals surface area (Å²) in [6.07, 6.45) is 1.21. The van der Waals surface area contributed by atoms with E-state index in [0.717, 1.165) is 43.9 Å². The first kappa shape index (κ1) is 33.0. The number of aromatic hydroxyl groups is 4. The molecule has 50 heavy (non-hydrogen) atoms. The van der Waals surface area contributed by atoms with Gasteiger partial charge in [0, 0.05) is 29.8 Å². The first-order valence-corrected chi connectivity index (χ1v) is 14.8. The van der Waals surface area contributed by atoms with Crippen molar-refractivity contribution in [2.75, 3.05) is 6.54 Å². The van der Waals surface area contributed by atoms with Gasteiger partial charge in [-0.15, -0.1) is 0 Å². The Balaban J connectivity index is 1.65. The number of carboxylic acids is 1. The molecule has 0 radical (unpaired) electrons. The second-order valence-corrected chi connectivity index (χ2v) is 11.4. The third-order valence-electron chi connectivity index (χ3n) is 8.21. The van der Waals surface area contributed by atoms with E-state index in [-0.39, 0.29) is 12.1 Å². The van der Waals surface area contributed by atoms with E-state index in [9.17, 15) is 54.3 Å². The zero-order valence-corrected chi connectivity index (χ0v) is 26.1. The van der Waals surface area contributed by atoms with Crippen molar-refractivity contribution in [3.8, 4) is 34.1 Å². The average Bonchev–Trinajstić information content (AvgIpc) is 3.06. The lowest BCUT2D eigenvalue weighted by atomic mass is 9.88. The number of hydrogen-bond acceptors (Lipinski definition) is 12. The monoisotopic (exact) mass is 679 g/mol. The Morgan fingerprint density at radius 2 is 1.38 bits per heavy atom. The number of phenolic OH excluding ortho intramolecular Hbond substituents is 3. The van der Waals surface area contributed by atoms with Gasteiger partial charge in [0.2, 0.25) is 10.9 Å². The van der Waals surface area contributed by atoms with Gasteiger partial charge in [-0.1, -0.05) is 30.3 Å². The Morgan fingerprint density at radius 1 is 0.760 bits per heavy atom. The molecule has 6 rings (SSSR count). The molecule has 0 spiro atoms. The normalized spacial score (nSPS) is 11.2. The van der Waals surface area contributed by atoms with Gasteiger partial charge < -0.3 is 39.7 Å². The SMILES string of the molecule is CC(=O)c1cc2c(=O)c3c(C(=O)NCCc4ccccc4)c(O)c(O)cc3oc2c(C(C)=O)c1-c1coc2cc(O)c(O)c(C(=O)O)c2c1=O. The minimum Gasteiger partial charge on any atom is -0.504 e. The van der Waals surface area contributed by atoms with Gasteiger partial charge in [0.05, 0.1) is 32.8 Å². The highest BCUT2D eigenvalue weighted by molar-refractivity contribution is 6.19. The first-order valence-electron chi connectivity index (χ1n) is 14.8. The Hall–Kier alpha value is -6.96. The topological polar surface area (TPSA) is 242 Å². The van der Waals surface area contributed by atoms with E-state index in [4.69, 9.17) is 8.83 Å². The standard InChI is InChI=1S/C36H25NO13/c1-14(38)17-10-18-30(42)27-23(12-21(41)32(44)28(27)35(46)37-9-8-16-6-4-3-5-7-16)50-34(18)24(15(2)39)25(17)19-13-49-22-11-20(40)33(45)29(36(47)48)26(22)31(19)43/h3-7,10-13,40-41,44-45H,8-9H2,1-2H3,(H,37,46)(H,47,48). The number of carbonyl (C=O) groups excluding carboxylic acids is 3. The summed E-state index contributed by atoms with van der Waals surface area (Å²) in [5.41, 5.74) is -5.98. The lowest BCUT2D eigenvalue weighted by Crippen LogP contribution is -2.27. The summed E-state index contributed by atoms with van der Waals surface area (Å²) in [6.45, 7) is 2.20. The smallest absolute Gasteiger partial charge is 0.340 e. The molecule has 1 amide bonds. The first-order chi connectivity index (χ1) is 23.7. The minimum absolute atomic E-state index is 0.0833. The molecule has 6 aromatic rings. The van der Waals surface area contributed by atoms with Crippen LogP contribution in [0.1, 0.15) is 60.8 Å². The van der Waals surface area contributed by atoms with Crippen LogP contribution in [-0.2, 0) is 6.42 Å². The summed E-state index contributed by atoms with van der Waals surface area (Å²) in [7, 11) is 0. The van der Waals surface area contributed by atoms with E-state index >= 15 is 0 Å². The van der Waals surface area contributed by atoms with Crippen LogP contribution in [0, 0.1) is 0 Å². The number of carboxylic acid groups (broad SMARTS) is 1. The maximum absolute atomic E-state index is 14.1. The van der Waals surface area contributed by atoms with E-state index < -0.39 is 118 Å². The number of aromatic carboxylic acids is 1. The zero-order chi connectivity index (χ0) is 36.2. The number of nitrogens with one attached hydrogen (secondary N) is 1. The second-order valence-electron chi connectivity index (χ2n) is 11.4. The van der Waals surface area contributed by atoms with E-state index in [1.54, 1.807) is 0 Å². The lowest BCUT2D eigenvalue weighted by molar-refractivity contribution is 0.0694. The van der Waals surface area contributed by atoms with Crippen LogP contribution in [0.5, 0.6) is 23.0 Å². The minimum atomic E-state index is -1.80. The molecule has 0 aliphatic rings. The Morgan fingerprint density at radius 3 is 2.00 bits per heavy atom. The zero-order valence-electron chi connectivity index (χ0n) is 26.1. The highest BCUT2D eigenvalue weighted by Crippen LogP contribution is 2.40. The molecule has 252 valence electrons. The molecule has 6 N–H and O–H groups in total. The number of carbonyl (C=O) groups is 4. The molecule has 0 saturated carbocycles. The quantitative estimate of drug-likeness (QED) is 0.0732. The summed E-state index contributed by atoms with van der Waals surface area (Å²) in [5, 5.41) is 52.4. The summed E-state index contributed by atoms with van der Waals surface area (Å²) in [5.74, 6) is -8.10. The summed E-state index contributed by atoms with van der Waals surface area (Å²) in [6, 6.07) is 11.8. The van der Waals surface area contributed by atoms with Gasteiger partial charge in [0.25, 0.3) is 5.91 Å². The lowest BCUT2D eigenvalue weighted by Gasteiger charge is -2.16. The Kier molecular flexibility index (Phi) is 8.07. The average molecular weight is 680 g/mol. The number of amides is 1. The predicted octanol–water partition coefficient (Wildman–Crippen LogP) is 4.62. The summed E-state index contributed by atoms with van der Waals surface area (Å²) >= 11 is 0. The largest absolute Gasteiger partial charge is 0.504 e. The molecule has 14 heteroatoms. The van der Waals surface area contributed by atoms with Crippen molar-refractivity contribution in [3.63, 3.8) is 0 Å². The fourth-order valence-electron chi connectivity index (χ4n) is 5.94. The third-order valence-corrected chi connectivity index (χ3v) is 8.21. The van der Waals surface area contributed by atoms with Gasteiger partial charge in [0.15, 0.2) is 34.6 Å².